The highest BCUT2D eigenvalue weighted by atomic mass is 16.3. The van der Waals surface area contributed by atoms with Crippen molar-refractivity contribution in [1.29, 1.82) is 0 Å². The van der Waals surface area contributed by atoms with Crippen molar-refractivity contribution in [3.05, 3.63) is 65.7 Å². The van der Waals surface area contributed by atoms with Crippen molar-refractivity contribution in [3.63, 3.8) is 0 Å². The second-order valence-electron chi connectivity index (χ2n) is 4.61. The van der Waals surface area contributed by atoms with Crippen LogP contribution in [0.15, 0.2) is 54.6 Å². The van der Waals surface area contributed by atoms with Crippen molar-refractivity contribution in [2.24, 2.45) is 0 Å². The molecule has 0 saturated heterocycles. The summed E-state index contributed by atoms with van der Waals surface area (Å²) in [5, 5.41) is 11.4. The highest BCUT2D eigenvalue weighted by Crippen LogP contribution is 2.42. The monoisotopic (exact) mass is 233 g/mol. The van der Waals surface area contributed by atoms with Gasteiger partial charge in [0.15, 0.2) is 0 Å². The van der Waals surface area contributed by atoms with Crippen LogP contribution < -0.4 is 0 Å². The number of fused-ring (bicyclic) bond motifs is 4. The first-order valence-corrected chi connectivity index (χ1v) is 6.01. The molecule has 1 atom stereocenters. The van der Waals surface area contributed by atoms with Crippen LogP contribution in [0.25, 0.3) is 22.2 Å². The van der Waals surface area contributed by atoms with Gasteiger partial charge < -0.3 is 5.11 Å². The summed E-state index contributed by atoms with van der Waals surface area (Å²) in [5.74, 6) is 0. The SMILES string of the molecule is O[C@H]1c2ccccc2-c2nc3ccccc3cc21. The van der Waals surface area contributed by atoms with E-state index < -0.39 is 6.10 Å². The lowest BCUT2D eigenvalue weighted by Gasteiger charge is -2.05. The average Bonchev–Trinajstić information content (AvgIpc) is 2.71. The summed E-state index contributed by atoms with van der Waals surface area (Å²) < 4.78 is 0. The molecule has 4 rings (SSSR count). The van der Waals surface area contributed by atoms with Gasteiger partial charge in [0.05, 0.1) is 11.2 Å². The van der Waals surface area contributed by atoms with Crippen molar-refractivity contribution in [2.75, 3.05) is 0 Å². The summed E-state index contributed by atoms with van der Waals surface area (Å²) in [5.41, 5.74) is 4.80. The Morgan fingerprint density at radius 2 is 1.67 bits per heavy atom. The van der Waals surface area contributed by atoms with E-state index in [1.165, 1.54) is 0 Å². The third-order valence-electron chi connectivity index (χ3n) is 3.56. The molecule has 1 N–H and O–H groups in total. The summed E-state index contributed by atoms with van der Waals surface area (Å²) in [6.45, 7) is 0. The fourth-order valence-electron chi connectivity index (χ4n) is 2.68. The molecule has 1 aromatic heterocycles. The zero-order chi connectivity index (χ0) is 12.1. The molecule has 3 aromatic rings. The maximum absolute atomic E-state index is 10.4. The molecule has 86 valence electrons. The first-order chi connectivity index (χ1) is 8.84. The van der Waals surface area contributed by atoms with E-state index in [4.69, 9.17) is 0 Å². The highest BCUT2D eigenvalue weighted by Gasteiger charge is 2.28. The Balaban J connectivity index is 2.10. The van der Waals surface area contributed by atoms with Gasteiger partial charge in [-0.25, -0.2) is 4.98 Å². The fourth-order valence-corrected chi connectivity index (χ4v) is 2.68. The minimum Gasteiger partial charge on any atom is -0.384 e. The molecule has 2 nitrogen and oxygen atoms in total. The van der Waals surface area contributed by atoms with Gasteiger partial charge in [0.25, 0.3) is 0 Å². The maximum atomic E-state index is 10.4. The summed E-state index contributed by atoms with van der Waals surface area (Å²) in [7, 11) is 0. The number of aromatic nitrogens is 1. The van der Waals surface area contributed by atoms with Gasteiger partial charge in [-0.3, -0.25) is 0 Å². The van der Waals surface area contributed by atoms with Gasteiger partial charge in [0, 0.05) is 16.5 Å². The van der Waals surface area contributed by atoms with Gasteiger partial charge in [-0.2, -0.15) is 0 Å². The molecule has 1 aliphatic rings. The van der Waals surface area contributed by atoms with Crippen LogP contribution in [-0.2, 0) is 0 Å². The van der Waals surface area contributed by atoms with Crippen LogP contribution in [0.5, 0.6) is 0 Å². The Hall–Kier alpha value is -2.19. The molecule has 1 aliphatic carbocycles. The zero-order valence-electron chi connectivity index (χ0n) is 9.67. The lowest BCUT2D eigenvalue weighted by atomic mass is 10.1. The van der Waals surface area contributed by atoms with Gasteiger partial charge in [0.2, 0.25) is 0 Å². The Labute approximate surface area is 105 Å². The van der Waals surface area contributed by atoms with E-state index in [0.717, 1.165) is 33.3 Å². The van der Waals surface area contributed by atoms with Gasteiger partial charge in [-0.1, -0.05) is 42.5 Å². The third-order valence-corrected chi connectivity index (χ3v) is 3.56. The molecule has 0 saturated carbocycles. The number of pyridine rings is 1. The number of para-hydroxylation sites is 1. The van der Waals surface area contributed by atoms with Gasteiger partial charge >= 0.3 is 0 Å². The van der Waals surface area contributed by atoms with Crippen LogP contribution in [0.2, 0.25) is 0 Å². The smallest absolute Gasteiger partial charge is 0.107 e. The van der Waals surface area contributed by atoms with Gasteiger partial charge in [-0.15, -0.1) is 0 Å². The van der Waals surface area contributed by atoms with E-state index in [1.807, 2.05) is 54.6 Å². The minimum atomic E-state index is -0.548. The molecule has 0 radical (unpaired) electrons. The zero-order valence-corrected chi connectivity index (χ0v) is 9.67. The van der Waals surface area contributed by atoms with Crippen molar-refractivity contribution in [3.8, 4) is 11.3 Å². The summed E-state index contributed by atoms with van der Waals surface area (Å²) in [6.07, 6.45) is -0.548. The van der Waals surface area contributed by atoms with Crippen LogP contribution in [0.3, 0.4) is 0 Å². The number of rotatable bonds is 0. The molecule has 18 heavy (non-hydrogen) atoms. The molecule has 2 aromatic carbocycles. The Kier molecular flexibility index (Phi) is 1.85. The van der Waals surface area contributed by atoms with Gasteiger partial charge in [-0.05, 0) is 17.7 Å². The normalized spacial score (nSPS) is 16.6. The topological polar surface area (TPSA) is 33.1 Å². The molecule has 1 heterocycles. The van der Waals surface area contributed by atoms with Crippen LogP contribution in [0.4, 0.5) is 0 Å². The predicted molar refractivity (Wildman–Crippen MR) is 71.2 cm³/mol. The highest BCUT2D eigenvalue weighted by molar-refractivity contribution is 5.86. The van der Waals surface area contributed by atoms with E-state index in [1.54, 1.807) is 0 Å². The molecular formula is C16H11NO. The van der Waals surface area contributed by atoms with Crippen LogP contribution in [0, 0.1) is 0 Å². The maximum Gasteiger partial charge on any atom is 0.107 e. The second-order valence-corrected chi connectivity index (χ2v) is 4.61. The molecule has 0 amide bonds. The van der Waals surface area contributed by atoms with E-state index in [9.17, 15) is 5.11 Å². The van der Waals surface area contributed by atoms with E-state index in [2.05, 4.69) is 4.98 Å². The van der Waals surface area contributed by atoms with Crippen molar-refractivity contribution in [1.82, 2.24) is 4.98 Å². The molecule has 0 fully saturated rings. The van der Waals surface area contributed by atoms with Crippen LogP contribution >= 0.6 is 0 Å². The van der Waals surface area contributed by atoms with E-state index in [-0.39, 0.29) is 0 Å². The second kappa shape index (κ2) is 3.40. The number of aliphatic hydroxyl groups excluding tert-OH is 1. The molecule has 0 bridgehead atoms. The quantitative estimate of drug-likeness (QED) is 0.646. The largest absolute Gasteiger partial charge is 0.384 e. The van der Waals surface area contributed by atoms with Crippen molar-refractivity contribution >= 4 is 10.9 Å². The average molecular weight is 233 g/mol. The van der Waals surface area contributed by atoms with Crippen molar-refractivity contribution < 1.29 is 5.11 Å². The first kappa shape index (κ1) is 9.80. The number of benzene rings is 2. The number of aliphatic hydroxyl groups is 1. The minimum absolute atomic E-state index is 0.548. The molecule has 2 heteroatoms. The molecule has 0 aliphatic heterocycles. The standard InChI is InChI=1S/C16H11NO/c18-16-12-7-3-2-6-11(12)15-13(16)9-10-5-1-4-8-14(10)17-15/h1-9,16,18H/t16-/m0/s1. The molecule has 0 unspecified atom stereocenters. The number of nitrogens with zero attached hydrogens (tertiary/aromatic N) is 1. The summed E-state index contributed by atoms with van der Waals surface area (Å²) >= 11 is 0. The lowest BCUT2D eigenvalue weighted by molar-refractivity contribution is 0.225. The Morgan fingerprint density at radius 1 is 0.889 bits per heavy atom. The van der Waals surface area contributed by atoms with Crippen LogP contribution in [-0.4, -0.2) is 10.1 Å². The Bertz CT molecular complexity index is 764. The summed E-state index contributed by atoms with van der Waals surface area (Å²) in [6, 6.07) is 18.0. The van der Waals surface area contributed by atoms with Crippen LogP contribution in [0.1, 0.15) is 17.2 Å². The van der Waals surface area contributed by atoms with Crippen molar-refractivity contribution in [2.45, 2.75) is 6.10 Å². The molecular weight excluding hydrogens is 222 g/mol. The first-order valence-electron chi connectivity index (χ1n) is 6.01. The van der Waals surface area contributed by atoms with E-state index in [0.29, 0.717) is 0 Å². The summed E-state index contributed by atoms with van der Waals surface area (Å²) in [4.78, 5) is 4.69. The lowest BCUT2D eigenvalue weighted by Crippen LogP contribution is -1.94. The number of hydrogen-bond acceptors (Lipinski definition) is 2. The van der Waals surface area contributed by atoms with Gasteiger partial charge in [0.1, 0.15) is 6.10 Å². The molecule has 0 spiro atoms. The van der Waals surface area contributed by atoms with E-state index >= 15 is 0 Å². The predicted octanol–water partition coefficient (Wildman–Crippen LogP) is 3.30. The Morgan fingerprint density at radius 3 is 2.61 bits per heavy atom. The third kappa shape index (κ3) is 1.18. The number of hydrogen-bond donors (Lipinski definition) is 1. The fraction of sp³-hybridized carbons (Fsp3) is 0.0625.